The van der Waals surface area contributed by atoms with Gasteiger partial charge in [-0.25, -0.2) is 4.98 Å². The van der Waals surface area contributed by atoms with Crippen LogP contribution in [-0.4, -0.2) is 57.2 Å². The molecule has 11 heteroatoms. The van der Waals surface area contributed by atoms with Gasteiger partial charge in [-0.1, -0.05) is 11.8 Å². The SMILES string of the molecule is CC(=O)N[C@H](CSC(=O)C(Cc1cnc[nH]1)NC(=O)CCCN)C(N)=O. The van der Waals surface area contributed by atoms with Gasteiger partial charge >= 0.3 is 0 Å². The van der Waals surface area contributed by atoms with Crippen LogP contribution in [-0.2, 0) is 25.6 Å². The summed E-state index contributed by atoms with van der Waals surface area (Å²) in [7, 11) is 0. The largest absolute Gasteiger partial charge is 0.368 e. The van der Waals surface area contributed by atoms with Gasteiger partial charge in [0.05, 0.1) is 6.33 Å². The third-order valence-electron chi connectivity index (χ3n) is 3.32. The second-order valence-electron chi connectivity index (χ2n) is 5.58. The molecule has 144 valence electrons. The Balaban J connectivity index is 2.71. The number of carbonyl (C=O) groups excluding carboxylic acids is 4. The van der Waals surface area contributed by atoms with Gasteiger partial charge in [0.25, 0.3) is 0 Å². The highest BCUT2D eigenvalue weighted by Crippen LogP contribution is 2.12. The summed E-state index contributed by atoms with van der Waals surface area (Å²) in [6.45, 7) is 1.62. The van der Waals surface area contributed by atoms with Crippen molar-refractivity contribution in [1.82, 2.24) is 20.6 Å². The maximum absolute atomic E-state index is 12.5. The zero-order chi connectivity index (χ0) is 19.5. The molecule has 10 nitrogen and oxygen atoms in total. The van der Waals surface area contributed by atoms with Crippen LogP contribution in [0.3, 0.4) is 0 Å². The Morgan fingerprint density at radius 2 is 2.00 bits per heavy atom. The molecule has 0 saturated heterocycles. The van der Waals surface area contributed by atoms with E-state index in [4.69, 9.17) is 11.5 Å². The molecule has 1 aromatic heterocycles. The molecule has 26 heavy (non-hydrogen) atoms. The average molecular weight is 384 g/mol. The molecule has 0 fully saturated rings. The van der Waals surface area contributed by atoms with E-state index in [1.165, 1.54) is 13.3 Å². The molecule has 0 saturated carbocycles. The number of hydrogen-bond donors (Lipinski definition) is 5. The number of aromatic nitrogens is 2. The van der Waals surface area contributed by atoms with Crippen molar-refractivity contribution in [3.63, 3.8) is 0 Å². The zero-order valence-corrected chi connectivity index (χ0v) is 15.3. The predicted octanol–water partition coefficient (Wildman–Crippen LogP) is -1.57. The molecule has 0 radical (unpaired) electrons. The second kappa shape index (κ2) is 11.3. The van der Waals surface area contributed by atoms with E-state index in [0.717, 1.165) is 11.8 Å². The van der Waals surface area contributed by atoms with Crippen molar-refractivity contribution in [1.29, 1.82) is 0 Å². The second-order valence-corrected chi connectivity index (χ2v) is 6.60. The number of aromatic amines is 1. The maximum atomic E-state index is 12.5. The smallest absolute Gasteiger partial charge is 0.240 e. The topological polar surface area (TPSA) is 173 Å². The average Bonchev–Trinajstić information content (AvgIpc) is 3.08. The molecule has 0 bridgehead atoms. The van der Waals surface area contributed by atoms with Gasteiger partial charge < -0.3 is 27.1 Å². The first-order valence-corrected chi connectivity index (χ1v) is 9.01. The van der Waals surface area contributed by atoms with E-state index in [1.807, 2.05) is 0 Å². The quantitative estimate of drug-likeness (QED) is 0.306. The van der Waals surface area contributed by atoms with Crippen molar-refractivity contribution in [3.8, 4) is 0 Å². The van der Waals surface area contributed by atoms with Crippen LogP contribution < -0.4 is 22.1 Å². The molecule has 1 aromatic rings. The third-order valence-corrected chi connectivity index (χ3v) is 4.39. The van der Waals surface area contributed by atoms with Gasteiger partial charge in [0.2, 0.25) is 22.8 Å². The molecular formula is C15H24N6O4S. The monoisotopic (exact) mass is 384 g/mol. The van der Waals surface area contributed by atoms with Crippen molar-refractivity contribution >= 4 is 34.6 Å². The van der Waals surface area contributed by atoms with Crippen LogP contribution >= 0.6 is 11.8 Å². The minimum Gasteiger partial charge on any atom is -0.368 e. The van der Waals surface area contributed by atoms with Crippen LogP contribution in [0.15, 0.2) is 12.5 Å². The Hall–Kier alpha value is -2.40. The maximum Gasteiger partial charge on any atom is 0.240 e. The molecule has 3 amide bonds. The summed E-state index contributed by atoms with van der Waals surface area (Å²) in [5.74, 6) is -1.47. The van der Waals surface area contributed by atoms with Gasteiger partial charge in [0, 0.05) is 37.4 Å². The number of nitrogens with two attached hydrogens (primary N) is 2. The van der Waals surface area contributed by atoms with Crippen molar-refractivity contribution in [2.24, 2.45) is 11.5 Å². The number of nitrogens with one attached hydrogen (secondary N) is 3. The fourth-order valence-corrected chi connectivity index (χ4v) is 2.97. The summed E-state index contributed by atoms with van der Waals surface area (Å²) < 4.78 is 0. The highest BCUT2D eigenvalue weighted by Gasteiger charge is 2.25. The molecule has 0 aliphatic heterocycles. The van der Waals surface area contributed by atoms with Gasteiger partial charge in [0.15, 0.2) is 0 Å². The summed E-state index contributed by atoms with van der Waals surface area (Å²) in [5.41, 5.74) is 11.3. The molecule has 0 aliphatic rings. The lowest BCUT2D eigenvalue weighted by molar-refractivity contribution is -0.125. The van der Waals surface area contributed by atoms with E-state index in [-0.39, 0.29) is 29.6 Å². The minimum absolute atomic E-state index is 0.0219. The van der Waals surface area contributed by atoms with Crippen LogP contribution in [0.25, 0.3) is 0 Å². The van der Waals surface area contributed by atoms with E-state index < -0.39 is 23.9 Å². The van der Waals surface area contributed by atoms with Gasteiger partial charge in [-0.15, -0.1) is 0 Å². The van der Waals surface area contributed by atoms with Gasteiger partial charge in [-0.05, 0) is 13.0 Å². The normalized spacial score (nSPS) is 12.8. The number of H-pyrrole nitrogens is 1. The van der Waals surface area contributed by atoms with Crippen molar-refractivity contribution in [2.75, 3.05) is 12.3 Å². The van der Waals surface area contributed by atoms with Crippen molar-refractivity contribution in [3.05, 3.63) is 18.2 Å². The molecular weight excluding hydrogens is 360 g/mol. The molecule has 0 aromatic carbocycles. The van der Waals surface area contributed by atoms with E-state index in [9.17, 15) is 19.2 Å². The Morgan fingerprint density at radius 1 is 1.27 bits per heavy atom. The van der Waals surface area contributed by atoms with Crippen LogP contribution in [0.4, 0.5) is 0 Å². The summed E-state index contributed by atoms with van der Waals surface area (Å²) in [6, 6.07) is -1.78. The zero-order valence-electron chi connectivity index (χ0n) is 14.5. The van der Waals surface area contributed by atoms with Crippen LogP contribution in [0, 0.1) is 0 Å². The van der Waals surface area contributed by atoms with Gasteiger partial charge in [0.1, 0.15) is 12.1 Å². The first-order valence-electron chi connectivity index (χ1n) is 8.03. The fourth-order valence-electron chi connectivity index (χ4n) is 2.04. The van der Waals surface area contributed by atoms with Gasteiger partial charge in [-0.2, -0.15) is 0 Å². The number of rotatable bonds is 11. The van der Waals surface area contributed by atoms with E-state index >= 15 is 0 Å². The summed E-state index contributed by atoms with van der Waals surface area (Å²) in [5, 5.41) is 4.70. The van der Waals surface area contributed by atoms with E-state index in [2.05, 4.69) is 20.6 Å². The first kappa shape index (κ1) is 21.6. The number of thioether (sulfide) groups is 1. The Kier molecular flexibility index (Phi) is 9.37. The lowest BCUT2D eigenvalue weighted by atomic mass is 10.1. The number of amides is 3. The molecule has 2 atom stereocenters. The molecule has 1 unspecified atom stereocenters. The van der Waals surface area contributed by atoms with Crippen LogP contribution in [0.1, 0.15) is 25.5 Å². The Bertz CT molecular complexity index is 622. The Labute approximate surface area is 155 Å². The highest BCUT2D eigenvalue weighted by atomic mass is 32.2. The molecule has 0 spiro atoms. The van der Waals surface area contributed by atoms with E-state index in [0.29, 0.717) is 18.7 Å². The summed E-state index contributed by atoms with van der Waals surface area (Å²) in [4.78, 5) is 53.7. The van der Waals surface area contributed by atoms with Crippen LogP contribution in [0.5, 0.6) is 0 Å². The summed E-state index contributed by atoms with van der Waals surface area (Å²) >= 11 is 0.822. The van der Waals surface area contributed by atoms with Crippen molar-refractivity contribution < 1.29 is 19.2 Å². The third kappa shape index (κ3) is 8.12. The van der Waals surface area contributed by atoms with Gasteiger partial charge in [-0.3, -0.25) is 19.2 Å². The fraction of sp³-hybridized carbons (Fsp3) is 0.533. The minimum atomic E-state index is -0.970. The lowest BCUT2D eigenvalue weighted by Crippen LogP contribution is -2.46. The van der Waals surface area contributed by atoms with E-state index in [1.54, 1.807) is 6.20 Å². The molecule has 1 rings (SSSR count). The van der Waals surface area contributed by atoms with Crippen molar-refractivity contribution in [2.45, 2.75) is 38.3 Å². The number of nitrogens with zero attached hydrogens (tertiary/aromatic N) is 1. The van der Waals surface area contributed by atoms with Crippen LogP contribution in [0.2, 0.25) is 0 Å². The predicted molar refractivity (Wildman–Crippen MR) is 96.8 cm³/mol. The standard InChI is InChI=1S/C15H24N6O4S/c1-9(22)20-12(14(17)24)7-26-15(25)11(5-10-6-18-8-19-10)21-13(23)3-2-4-16/h6,8,11-12H,2-5,7,16H2,1H3,(H2,17,24)(H,18,19)(H,20,22)(H,21,23)/t11?,12-/m1/s1. The Morgan fingerprint density at radius 3 is 2.54 bits per heavy atom. The lowest BCUT2D eigenvalue weighted by Gasteiger charge is -2.18. The molecule has 0 aliphatic carbocycles. The number of carbonyl (C=O) groups is 4. The number of hydrogen-bond acceptors (Lipinski definition) is 7. The number of imidazole rings is 1. The number of primary amides is 1. The molecule has 1 heterocycles. The first-order chi connectivity index (χ1) is 12.3. The summed E-state index contributed by atoms with van der Waals surface area (Å²) in [6.07, 6.45) is 3.97. The molecule has 7 N–H and O–H groups in total. The highest BCUT2D eigenvalue weighted by molar-refractivity contribution is 8.13.